The standard InChI is InChI=1S/C25H19F3N6O3S.C2H6/c1-37-19-12-29-18(22(27)28)9-15(19)14-10-20(34-8-2-3-17(26)24(34)36)30-11-16(14)23(35)31-25-33-32-21(38-25)7-6-13-4-5-13;1-2/h2-3,8-13,22,25,33H,4-5H2,1H3,(H,31,35);1-2H3. The highest BCUT2D eigenvalue weighted by molar-refractivity contribution is 8.15. The number of rotatable bonds is 6. The van der Waals surface area contributed by atoms with Crippen LogP contribution in [0.3, 0.4) is 0 Å². The fraction of sp³-hybridized carbons (Fsp3) is 0.296. The van der Waals surface area contributed by atoms with E-state index in [0.29, 0.717) is 11.0 Å². The third-order valence-electron chi connectivity index (χ3n) is 5.64. The number of pyridine rings is 3. The van der Waals surface area contributed by atoms with E-state index in [0.717, 1.165) is 35.7 Å². The van der Waals surface area contributed by atoms with Gasteiger partial charge in [-0.2, -0.15) is 5.10 Å². The third kappa shape index (κ3) is 6.45. The Labute approximate surface area is 232 Å². The van der Waals surface area contributed by atoms with E-state index < -0.39 is 34.9 Å². The molecule has 0 radical (unpaired) electrons. The number of nitrogens with one attached hydrogen (secondary N) is 2. The van der Waals surface area contributed by atoms with Gasteiger partial charge in [0.1, 0.15) is 17.3 Å². The summed E-state index contributed by atoms with van der Waals surface area (Å²) in [6.45, 7) is 4.00. The van der Waals surface area contributed by atoms with Crippen LogP contribution >= 0.6 is 11.8 Å². The van der Waals surface area contributed by atoms with E-state index in [2.05, 4.69) is 37.7 Å². The Balaban J connectivity index is 0.00000181. The molecule has 1 aliphatic heterocycles. The van der Waals surface area contributed by atoms with E-state index in [1.165, 1.54) is 43.4 Å². The number of halogens is 3. The molecule has 1 saturated carbocycles. The highest BCUT2D eigenvalue weighted by Crippen LogP contribution is 2.35. The molecule has 3 aromatic heterocycles. The molecule has 1 fully saturated rings. The van der Waals surface area contributed by atoms with Gasteiger partial charge in [-0.3, -0.25) is 24.6 Å². The summed E-state index contributed by atoms with van der Waals surface area (Å²) in [6.07, 6.45) is 2.82. The first kappa shape index (κ1) is 28.7. The molecule has 40 heavy (non-hydrogen) atoms. The van der Waals surface area contributed by atoms with E-state index in [1.54, 1.807) is 0 Å². The summed E-state index contributed by atoms with van der Waals surface area (Å²) in [5, 5.41) is 7.39. The molecule has 0 spiro atoms. The van der Waals surface area contributed by atoms with Gasteiger partial charge in [-0.15, -0.1) is 0 Å². The van der Waals surface area contributed by atoms with Gasteiger partial charge < -0.3 is 10.1 Å². The number of alkyl halides is 2. The zero-order valence-electron chi connectivity index (χ0n) is 21.7. The zero-order valence-corrected chi connectivity index (χ0v) is 22.6. The van der Waals surface area contributed by atoms with Gasteiger partial charge in [-0.05, 0) is 54.8 Å². The SMILES string of the molecule is CC.COc1cnc(C(F)F)cc1-c1cc(-n2cccc(F)c2=O)ncc1C(=O)NC1NN=C(C#CC2CC2)S1. The lowest BCUT2D eigenvalue weighted by molar-refractivity contribution is 0.0946. The molecule has 1 atom stereocenters. The average molecular weight is 571 g/mol. The number of hydrogen-bond acceptors (Lipinski definition) is 8. The van der Waals surface area contributed by atoms with Crippen molar-refractivity contribution in [2.75, 3.05) is 7.11 Å². The highest BCUT2D eigenvalue weighted by Gasteiger charge is 2.26. The Kier molecular flexibility index (Phi) is 9.11. The fourth-order valence-corrected chi connectivity index (χ4v) is 4.29. The van der Waals surface area contributed by atoms with Crippen molar-refractivity contribution in [1.82, 2.24) is 25.3 Å². The number of nitrogens with zero attached hydrogens (tertiary/aromatic N) is 4. The van der Waals surface area contributed by atoms with Crippen molar-refractivity contribution in [3.63, 3.8) is 0 Å². The summed E-state index contributed by atoms with van der Waals surface area (Å²) in [5.74, 6) is 4.89. The van der Waals surface area contributed by atoms with Crippen molar-refractivity contribution in [3.8, 4) is 34.5 Å². The van der Waals surface area contributed by atoms with Crippen molar-refractivity contribution < 1.29 is 22.7 Å². The Bertz CT molecular complexity index is 1560. The largest absolute Gasteiger partial charge is 0.494 e. The molecule has 5 rings (SSSR count). The van der Waals surface area contributed by atoms with Gasteiger partial charge in [-0.25, -0.2) is 18.2 Å². The van der Waals surface area contributed by atoms with E-state index in [4.69, 9.17) is 4.74 Å². The lowest BCUT2D eigenvalue weighted by Crippen LogP contribution is -2.39. The highest BCUT2D eigenvalue weighted by atomic mass is 32.2. The molecule has 0 aromatic carbocycles. The molecular formula is C27H25F3N6O3S. The van der Waals surface area contributed by atoms with Crippen molar-refractivity contribution in [2.45, 2.75) is 38.6 Å². The van der Waals surface area contributed by atoms with Crippen molar-refractivity contribution in [2.24, 2.45) is 11.0 Å². The number of ether oxygens (including phenoxy) is 1. The lowest BCUT2D eigenvalue weighted by atomic mass is 10.00. The van der Waals surface area contributed by atoms with Crippen LogP contribution in [-0.4, -0.2) is 38.1 Å². The number of aromatic nitrogens is 3. The van der Waals surface area contributed by atoms with Crippen LogP contribution in [0.5, 0.6) is 5.75 Å². The molecule has 4 heterocycles. The normalized spacial score (nSPS) is 15.7. The molecule has 9 nitrogen and oxygen atoms in total. The van der Waals surface area contributed by atoms with Gasteiger partial charge in [0, 0.05) is 29.4 Å². The second kappa shape index (κ2) is 12.7. The van der Waals surface area contributed by atoms with Crippen LogP contribution in [-0.2, 0) is 0 Å². The average Bonchev–Trinajstić information content (AvgIpc) is 3.70. The molecule has 1 amide bonds. The van der Waals surface area contributed by atoms with Gasteiger partial charge in [0.2, 0.25) is 0 Å². The number of carbonyl (C=O) groups is 1. The molecule has 1 unspecified atom stereocenters. The molecular weight excluding hydrogens is 545 g/mol. The van der Waals surface area contributed by atoms with Crippen molar-refractivity contribution in [1.29, 1.82) is 0 Å². The topological polar surface area (TPSA) is 111 Å². The van der Waals surface area contributed by atoms with Crippen molar-refractivity contribution in [3.05, 3.63) is 70.3 Å². The van der Waals surface area contributed by atoms with Crippen LogP contribution in [0.1, 0.15) is 49.2 Å². The minimum Gasteiger partial charge on any atom is -0.494 e. The quantitative estimate of drug-likeness (QED) is 0.421. The van der Waals surface area contributed by atoms with Gasteiger partial charge in [0.15, 0.2) is 16.4 Å². The number of carbonyl (C=O) groups excluding carboxylic acids is 1. The van der Waals surface area contributed by atoms with Crippen LogP contribution < -0.4 is 21.0 Å². The summed E-state index contributed by atoms with van der Waals surface area (Å²) in [6, 6.07) is 4.72. The maximum Gasteiger partial charge on any atom is 0.292 e. The number of amides is 1. The maximum absolute atomic E-state index is 14.0. The summed E-state index contributed by atoms with van der Waals surface area (Å²) >= 11 is 1.21. The first-order valence-electron chi connectivity index (χ1n) is 12.4. The van der Waals surface area contributed by atoms with Gasteiger partial charge in [0.25, 0.3) is 17.9 Å². The van der Waals surface area contributed by atoms with E-state index >= 15 is 0 Å². The van der Waals surface area contributed by atoms with Crippen LogP contribution in [0.15, 0.2) is 52.8 Å². The lowest BCUT2D eigenvalue weighted by Gasteiger charge is -2.17. The first-order chi connectivity index (χ1) is 19.3. The number of thioether (sulfide) groups is 1. The Morgan fingerprint density at radius 3 is 2.70 bits per heavy atom. The van der Waals surface area contributed by atoms with Crippen molar-refractivity contribution >= 4 is 22.7 Å². The van der Waals surface area contributed by atoms with E-state index in [1.807, 2.05) is 13.8 Å². The van der Waals surface area contributed by atoms with Crippen LogP contribution in [0.2, 0.25) is 0 Å². The van der Waals surface area contributed by atoms with Crippen LogP contribution in [0.4, 0.5) is 13.2 Å². The molecule has 0 saturated heterocycles. The summed E-state index contributed by atoms with van der Waals surface area (Å²) in [7, 11) is 1.32. The molecule has 1 aliphatic carbocycles. The molecule has 208 valence electrons. The van der Waals surface area contributed by atoms with E-state index in [-0.39, 0.29) is 28.3 Å². The number of hydrogen-bond donors (Lipinski definition) is 2. The summed E-state index contributed by atoms with van der Waals surface area (Å²) in [5.41, 5.74) is 0.836. The third-order valence-corrected chi connectivity index (χ3v) is 6.52. The van der Waals surface area contributed by atoms with E-state index in [9.17, 15) is 22.8 Å². The molecule has 2 aliphatic rings. The van der Waals surface area contributed by atoms with Crippen LogP contribution in [0.25, 0.3) is 16.9 Å². The Hall–Kier alpha value is -4.31. The predicted molar refractivity (Wildman–Crippen MR) is 146 cm³/mol. The summed E-state index contributed by atoms with van der Waals surface area (Å²) in [4.78, 5) is 33.6. The van der Waals surface area contributed by atoms with Gasteiger partial charge >= 0.3 is 0 Å². The van der Waals surface area contributed by atoms with Gasteiger partial charge in [-0.1, -0.05) is 19.8 Å². The second-order valence-corrected chi connectivity index (χ2v) is 9.38. The minimum atomic E-state index is -2.89. The van der Waals surface area contributed by atoms with Gasteiger partial charge in [0.05, 0.1) is 18.9 Å². The minimum absolute atomic E-state index is 0.0113. The molecule has 13 heteroatoms. The Morgan fingerprint density at radius 2 is 2.00 bits per heavy atom. The Morgan fingerprint density at radius 1 is 1.23 bits per heavy atom. The summed E-state index contributed by atoms with van der Waals surface area (Å²) < 4.78 is 47.2. The maximum atomic E-state index is 14.0. The molecule has 0 bridgehead atoms. The fourth-order valence-electron chi connectivity index (χ4n) is 3.57. The van der Waals surface area contributed by atoms with Crippen LogP contribution in [0, 0.1) is 23.6 Å². The number of hydrazone groups is 1. The zero-order chi connectivity index (χ0) is 28.8. The first-order valence-corrected chi connectivity index (χ1v) is 13.2. The smallest absolute Gasteiger partial charge is 0.292 e. The predicted octanol–water partition coefficient (Wildman–Crippen LogP) is 4.48. The second-order valence-electron chi connectivity index (χ2n) is 8.29. The molecule has 3 aromatic rings. The molecule has 2 N–H and O–H groups in total. The monoisotopic (exact) mass is 570 g/mol. The number of methoxy groups -OCH3 is 1.